The number of hydrogen-bond acceptors (Lipinski definition) is 4. The first-order chi connectivity index (χ1) is 12.0. The van der Waals surface area contributed by atoms with Gasteiger partial charge in [-0.25, -0.2) is 4.39 Å². The molecule has 0 radical (unpaired) electrons. The van der Waals surface area contributed by atoms with Crippen molar-refractivity contribution in [2.75, 3.05) is 19.0 Å². The number of aryl methyl sites for hydroxylation is 1. The monoisotopic (exact) mass is 363 g/mol. The summed E-state index contributed by atoms with van der Waals surface area (Å²) < 4.78 is 23.8. The van der Waals surface area contributed by atoms with Crippen molar-refractivity contribution >= 4 is 28.9 Å². The van der Waals surface area contributed by atoms with Gasteiger partial charge in [-0.15, -0.1) is 0 Å². The minimum absolute atomic E-state index is 0.126. The molecule has 0 fully saturated rings. The summed E-state index contributed by atoms with van der Waals surface area (Å²) in [6, 6.07) is 11.5. The number of halogens is 1. The van der Waals surface area contributed by atoms with E-state index in [1.54, 1.807) is 50.4 Å². The molecule has 0 aliphatic heterocycles. The molecule has 25 heavy (non-hydrogen) atoms. The van der Waals surface area contributed by atoms with Gasteiger partial charge in [0, 0.05) is 5.69 Å². The molecule has 8 heteroatoms. The van der Waals surface area contributed by atoms with Crippen LogP contribution in [0.15, 0.2) is 42.5 Å². The summed E-state index contributed by atoms with van der Waals surface area (Å²) in [5.74, 6) is 0.467. The number of carbonyl (C=O) groups excluding carboxylic acids is 1. The Kier molecular flexibility index (Phi) is 6.53. The molecule has 2 rings (SSSR count). The number of rotatable bonds is 5. The van der Waals surface area contributed by atoms with E-state index in [-0.39, 0.29) is 17.5 Å². The Labute approximate surface area is 150 Å². The van der Waals surface area contributed by atoms with Gasteiger partial charge in [0.05, 0.1) is 7.11 Å². The molecule has 0 aliphatic carbocycles. The highest BCUT2D eigenvalue weighted by Crippen LogP contribution is 2.16. The molecule has 0 saturated carbocycles. The van der Waals surface area contributed by atoms with Crippen molar-refractivity contribution in [3.05, 3.63) is 53.8 Å². The Balaban J connectivity index is 1.73. The van der Waals surface area contributed by atoms with Crippen LogP contribution in [0.1, 0.15) is 5.56 Å². The lowest BCUT2D eigenvalue weighted by atomic mass is 10.2. The van der Waals surface area contributed by atoms with Crippen LogP contribution in [0.4, 0.5) is 10.1 Å². The van der Waals surface area contributed by atoms with Gasteiger partial charge < -0.3 is 14.8 Å². The van der Waals surface area contributed by atoms with Crippen LogP contribution >= 0.6 is 12.2 Å². The summed E-state index contributed by atoms with van der Waals surface area (Å²) >= 11 is 5.02. The second kappa shape index (κ2) is 8.84. The van der Waals surface area contributed by atoms with Crippen LogP contribution in [0.2, 0.25) is 0 Å². The molecule has 6 nitrogen and oxygen atoms in total. The van der Waals surface area contributed by atoms with Crippen molar-refractivity contribution in [3.8, 4) is 11.5 Å². The molecule has 3 N–H and O–H groups in total. The van der Waals surface area contributed by atoms with Gasteiger partial charge in [0.25, 0.3) is 5.91 Å². The van der Waals surface area contributed by atoms with Crippen molar-refractivity contribution in [1.29, 1.82) is 0 Å². The van der Waals surface area contributed by atoms with E-state index >= 15 is 0 Å². The second-order valence-corrected chi connectivity index (χ2v) is 5.46. The van der Waals surface area contributed by atoms with Crippen molar-refractivity contribution in [1.82, 2.24) is 10.9 Å². The number of anilines is 1. The Morgan fingerprint density at radius 1 is 1.12 bits per heavy atom. The molecule has 0 aromatic heterocycles. The lowest BCUT2D eigenvalue weighted by Gasteiger charge is -2.12. The number of thiocarbonyl (C=S) groups is 1. The van der Waals surface area contributed by atoms with Crippen LogP contribution in [0, 0.1) is 12.7 Å². The Morgan fingerprint density at radius 2 is 1.80 bits per heavy atom. The first kappa shape index (κ1) is 18.5. The van der Waals surface area contributed by atoms with E-state index in [0.717, 1.165) is 0 Å². The van der Waals surface area contributed by atoms with Crippen molar-refractivity contribution in [2.24, 2.45) is 0 Å². The van der Waals surface area contributed by atoms with E-state index in [2.05, 4.69) is 16.2 Å². The number of ether oxygens (including phenoxy) is 2. The highest BCUT2D eigenvalue weighted by molar-refractivity contribution is 7.80. The fourth-order valence-corrected chi connectivity index (χ4v) is 1.99. The fraction of sp³-hybridized carbons (Fsp3) is 0.176. The number of amides is 1. The summed E-state index contributed by atoms with van der Waals surface area (Å²) in [6.45, 7) is 1.47. The first-order valence-electron chi connectivity index (χ1n) is 7.37. The zero-order chi connectivity index (χ0) is 18.2. The number of benzene rings is 2. The Bertz CT molecular complexity index is 753. The molecule has 0 saturated heterocycles. The summed E-state index contributed by atoms with van der Waals surface area (Å²) in [6.07, 6.45) is 0. The number of hydrazine groups is 1. The van der Waals surface area contributed by atoms with Crippen LogP contribution < -0.4 is 25.6 Å². The molecule has 2 aromatic carbocycles. The van der Waals surface area contributed by atoms with Crippen LogP contribution in [-0.2, 0) is 4.79 Å². The van der Waals surface area contributed by atoms with Crippen LogP contribution in [-0.4, -0.2) is 24.7 Å². The van der Waals surface area contributed by atoms with Crippen molar-refractivity contribution < 1.29 is 18.7 Å². The van der Waals surface area contributed by atoms with E-state index in [9.17, 15) is 9.18 Å². The van der Waals surface area contributed by atoms with E-state index in [1.807, 2.05) is 0 Å². The lowest BCUT2D eigenvalue weighted by molar-refractivity contribution is -0.123. The Hall–Kier alpha value is -2.87. The van der Waals surface area contributed by atoms with Crippen LogP contribution in [0.25, 0.3) is 0 Å². The normalized spacial score (nSPS) is 9.88. The number of carbonyl (C=O) groups is 1. The quantitative estimate of drug-likeness (QED) is 0.560. The second-order valence-electron chi connectivity index (χ2n) is 5.06. The topological polar surface area (TPSA) is 71.6 Å². The number of methoxy groups -OCH3 is 1. The van der Waals surface area contributed by atoms with Crippen LogP contribution in [0.3, 0.4) is 0 Å². The van der Waals surface area contributed by atoms with Gasteiger partial charge in [-0.05, 0) is 61.1 Å². The first-order valence-corrected chi connectivity index (χ1v) is 7.77. The SMILES string of the molecule is COc1ccc(OCC(=O)NNC(=S)Nc2ccc(C)c(F)c2)cc1. The number of nitrogens with one attached hydrogen (secondary N) is 3. The molecule has 0 spiro atoms. The Morgan fingerprint density at radius 3 is 2.44 bits per heavy atom. The third-order valence-corrected chi connectivity index (χ3v) is 3.38. The maximum Gasteiger partial charge on any atom is 0.276 e. The zero-order valence-corrected chi connectivity index (χ0v) is 14.6. The third-order valence-electron chi connectivity index (χ3n) is 3.17. The predicted octanol–water partition coefficient (Wildman–Crippen LogP) is 2.54. The fourth-order valence-electron chi connectivity index (χ4n) is 1.82. The van der Waals surface area contributed by atoms with Gasteiger partial charge in [0.2, 0.25) is 0 Å². The maximum absolute atomic E-state index is 13.5. The molecular formula is C17H18FN3O3S. The predicted molar refractivity (Wildman–Crippen MR) is 97.1 cm³/mol. The minimum Gasteiger partial charge on any atom is -0.497 e. The van der Waals surface area contributed by atoms with Gasteiger partial charge in [0.1, 0.15) is 17.3 Å². The minimum atomic E-state index is -0.421. The molecule has 0 atom stereocenters. The smallest absolute Gasteiger partial charge is 0.276 e. The average molecular weight is 363 g/mol. The van der Waals surface area contributed by atoms with E-state index in [1.165, 1.54) is 6.07 Å². The van der Waals surface area contributed by atoms with Crippen molar-refractivity contribution in [3.63, 3.8) is 0 Å². The average Bonchev–Trinajstić information content (AvgIpc) is 2.61. The van der Waals surface area contributed by atoms with Gasteiger partial charge >= 0.3 is 0 Å². The number of hydrogen-bond donors (Lipinski definition) is 3. The molecule has 0 unspecified atom stereocenters. The molecule has 1 amide bonds. The summed E-state index contributed by atoms with van der Waals surface area (Å²) in [5.41, 5.74) is 5.92. The molecule has 132 valence electrons. The molecule has 0 heterocycles. The third kappa shape index (κ3) is 5.92. The lowest BCUT2D eigenvalue weighted by Crippen LogP contribution is -2.45. The summed E-state index contributed by atoms with van der Waals surface area (Å²) in [4.78, 5) is 11.7. The summed E-state index contributed by atoms with van der Waals surface area (Å²) in [7, 11) is 1.57. The van der Waals surface area contributed by atoms with E-state index < -0.39 is 5.91 Å². The molecule has 2 aromatic rings. The van der Waals surface area contributed by atoms with E-state index in [0.29, 0.717) is 22.7 Å². The highest BCUT2D eigenvalue weighted by atomic mass is 32.1. The van der Waals surface area contributed by atoms with Crippen LogP contribution in [0.5, 0.6) is 11.5 Å². The molecule has 0 bridgehead atoms. The zero-order valence-electron chi connectivity index (χ0n) is 13.8. The van der Waals surface area contributed by atoms with Gasteiger partial charge in [-0.1, -0.05) is 6.07 Å². The standard InChI is InChI=1S/C17H18FN3O3S/c1-11-3-4-12(9-15(11)18)19-17(25)21-20-16(22)10-24-14-7-5-13(23-2)6-8-14/h3-9H,10H2,1-2H3,(H,20,22)(H2,19,21,25). The van der Waals surface area contributed by atoms with Gasteiger partial charge in [0.15, 0.2) is 11.7 Å². The van der Waals surface area contributed by atoms with Gasteiger partial charge in [-0.2, -0.15) is 0 Å². The van der Waals surface area contributed by atoms with E-state index in [4.69, 9.17) is 21.7 Å². The summed E-state index contributed by atoms with van der Waals surface area (Å²) in [5, 5.41) is 2.89. The van der Waals surface area contributed by atoms with Gasteiger partial charge in [-0.3, -0.25) is 15.6 Å². The molecular weight excluding hydrogens is 345 g/mol. The largest absolute Gasteiger partial charge is 0.497 e. The maximum atomic E-state index is 13.5. The highest BCUT2D eigenvalue weighted by Gasteiger charge is 2.05. The molecule has 0 aliphatic rings. The van der Waals surface area contributed by atoms with Crippen molar-refractivity contribution in [2.45, 2.75) is 6.92 Å².